The van der Waals surface area contributed by atoms with Gasteiger partial charge in [0.2, 0.25) is 0 Å². The molecular formula is C66H75BN2S. The zero-order chi connectivity index (χ0) is 49.6. The first-order chi connectivity index (χ1) is 32.7. The summed E-state index contributed by atoms with van der Waals surface area (Å²) in [6, 6.07) is 42.4. The van der Waals surface area contributed by atoms with Gasteiger partial charge in [-0.05, 0) is 193 Å². The van der Waals surface area contributed by atoms with Crippen molar-refractivity contribution in [3.63, 3.8) is 0 Å². The molecule has 4 heteroatoms. The maximum atomic E-state index is 2.75. The topological polar surface area (TPSA) is 6.48 Å². The Morgan fingerprint density at radius 3 is 1.69 bits per heavy atom. The molecule has 2 nitrogen and oxygen atoms in total. The first-order valence-electron chi connectivity index (χ1n) is 26.6. The molecule has 1 aromatic heterocycles. The molecule has 2 unspecified atom stereocenters. The van der Waals surface area contributed by atoms with Crippen molar-refractivity contribution >= 4 is 78.0 Å². The van der Waals surface area contributed by atoms with Crippen LogP contribution in [0.4, 0.5) is 34.1 Å². The second kappa shape index (κ2) is 14.6. The molecular weight excluding hydrogens is 864 g/mol. The number of hydrogen-bond donors (Lipinski definition) is 0. The fraction of sp³-hybridized carbons (Fsp3) is 0.424. The summed E-state index contributed by atoms with van der Waals surface area (Å²) in [5, 5.41) is 1.43. The van der Waals surface area contributed by atoms with Gasteiger partial charge in [-0.1, -0.05) is 152 Å². The van der Waals surface area contributed by atoms with Gasteiger partial charge in [0, 0.05) is 43.2 Å². The quantitative estimate of drug-likeness (QED) is 0.163. The molecule has 5 aliphatic rings. The Morgan fingerprint density at radius 1 is 0.500 bits per heavy atom. The van der Waals surface area contributed by atoms with Crippen LogP contribution in [0.5, 0.6) is 0 Å². The van der Waals surface area contributed by atoms with Crippen molar-refractivity contribution in [3.05, 3.63) is 148 Å². The van der Waals surface area contributed by atoms with E-state index in [0.29, 0.717) is 0 Å². The summed E-state index contributed by atoms with van der Waals surface area (Å²) in [5.41, 5.74) is 25.5. The third kappa shape index (κ3) is 6.69. The lowest BCUT2D eigenvalue weighted by molar-refractivity contribution is 0.332. The van der Waals surface area contributed by atoms with Crippen LogP contribution in [0.1, 0.15) is 180 Å². The second-order valence-corrected chi connectivity index (χ2v) is 28.7. The van der Waals surface area contributed by atoms with Crippen LogP contribution >= 0.6 is 11.3 Å². The first-order valence-corrected chi connectivity index (χ1v) is 27.4. The van der Waals surface area contributed by atoms with E-state index in [1.807, 2.05) is 0 Å². The average Bonchev–Trinajstić information content (AvgIpc) is 3.89. The molecule has 0 spiro atoms. The van der Waals surface area contributed by atoms with Crippen LogP contribution in [0.2, 0.25) is 0 Å². The summed E-state index contributed by atoms with van der Waals surface area (Å²) in [6.45, 7) is 38.5. The maximum Gasteiger partial charge on any atom is 0.264 e. The van der Waals surface area contributed by atoms with Gasteiger partial charge in [-0.15, -0.1) is 11.3 Å². The Labute approximate surface area is 425 Å². The minimum Gasteiger partial charge on any atom is -0.311 e. The molecule has 6 aromatic carbocycles. The van der Waals surface area contributed by atoms with Crippen molar-refractivity contribution in [3.8, 4) is 11.1 Å². The van der Waals surface area contributed by atoms with E-state index in [1.165, 1.54) is 137 Å². The maximum absolute atomic E-state index is 2.75. The SMILES string of the molecule is Cc1cc2c3c(c1)N(c1ccc4c(c1)C(C)(C)CCC4(C)C)c1c(sc4cc5c(cc14)C1(C)CCC5(C)C1)B3c1cc(C(C)(C)C)ccc1N2c1ccc(C(C)(C)C)cc1-c1ccc(C(C)(C)C)cc1. The minimum atomic E-state index is -0.0249. The van der Waals surface area contributed by atoms with Gasteiger partial charge in [-0.2, -0.15) is 0 Å². The van der Waals surface area contributed by atoms with Gasteiger partial charge in [0.25, 0.3) is 6.71 Å². The van der Waals surface area contributed by atoms with Crippen molar-refractivity contribution in [1.29, 1.82) is 0 Å². The van der Waals surface area contributed by atoms with Crippen LogP contribution in [0.3, 0.4) is 0 Å². The van der Waals surface area contributed by atoms with Gasteiger partial charge in [0.1, 0.15) is 0 Å². The van der Waals surface area contributed by atoms with E-state index < -0.39 is 0 Å². The summed E-state index contributed by atoms with van der Waals surface area (Å²) in [7, 11) is 0. The van der Waals surface area contributed by atoms with Gasteiger partial charge in [-0.25, -0.2) is 0 Å². The smallest absolute Gasteiger partial charge is 0.264 e. The molecule has 0 N–H and O–H groups in total. The molecule has 0 saturated heterocycles. The molecule has 1 fully saturated rings. The van der Waals surface area contributed by atoms with E-state index in [1.54, 1.807) is 11.1 Å². The van der Waals surface area contributed by atoms with E-state index in [-0.39, 0.29) is 44.6 Å². The van der Waals surface area contributed by atoms with E-state index in [9.17, 15) is 0 Å². The number of rotatable bonds is 3. The number of fused-ring (bicyclic) bond motifs is 12. The Hall–Kier alpha value is -5.06. The summed E-state index contributed by atoms with van der Waals surface area (Å²) in [6.07, 6.45) is 6.22. The third-order valence-corrected chi connectivity index (χ3v) is 19.6. The lowest BCUT2D eigenvalue weighted by atomic mass is 9.36. The van der Waals surface area contributed by atoms with Gasteiger partial charge in [0.05, 0.1) is 11.4 Å². The number of anilines is 6. The molecule has 70 heavy (non-hydrogen) atoms. The lowest BCUT2D eigenvalue weighted by Gasteiger charge is -2.45. The summed E-state index contributed by atoms with van der Waals surface area (Å²) >= 11 is 2.08. The zero-order valence-electron chi connectivity index (χ0n) is 45.2. The Morgan fingerprint density at radius 2 is 1.06 bits per heavy atom. The standard InChI is InChI=1S/C66H75BN2S/c1-39-31-54-57-55(32-39)69(52-25-21-42(61(5,6)7)33-45(52)40-17-19-41(20-18-40)60(2,3)4)53-26-22-43(62(8,9)10)34-51(53)67(57)59-58(46-36-49-50(37-56(46)70-59)66(16)30-29-65(49,15)38-66)68(54)44-23-24-47-48(35-44)64(13,14)28-27-63(47,11)12/h17-26,31-37H,27-30,38H2,1-16H3. The van der Waals surface area contributed by atoms with E-state index >= 15 is 0 Å². The van der Waals surface area contributed by atoms with E-state index in [2.05, 4.69) is 235 Å². The van der Waals surface area contributed by atoms with Crippen molar-refractivity contribution < 1.29 is 0 Å². The molecule has 1 saturated carbocycles. The predicted octanol–water partition coefficient (Wildman–Crippen LogP) is 16.9. The summed E-state index contributed by atoms with van der Waals surface area (Å²) < 4.78 is 2.91. The fourth-order valence-corrected chi connectivity index (χ4v) is 15.3. The van der Waals surface area contributed by atoms with Crippen molar-refractivity contribution in [2.75, 3.05) is 9.80 Å². The highest BCUT2D eigenvalue weighted by atomic mass is 32.1. The van der Waals surface area contributed by atoms with Crippen LogP contribution in [0.25, 0.3) is 21.2 Å². The van der Waals surface area contributed by atoms with Crippen LogP contribution in [0, 0.1) is 6.92 Å². The highest BCUT2D eigenvalue weighted by Gasteiger charge is 2.54. The lowest BCUT2D eigenvalue weighted by Crippen LogP contribution is -2.60. The van der Waals surface area contributed by atoms with Crippen LogP contribution in [0.15, 0.2) is 103 Å². The number of benzene rings is 6. The number of hydrogen-bond acceptors (Lipinski definition) is 3. The number of thiophene rings is 1. The van der Waals surface area contributed by atoms with E-state index in [4.69, 9.17) is 0 Å². The molecule has 2 aliphatic heterocycles. The highest BCUT2D eigenvalue weighted by Crippen LogP contribution is 2.62. The van der Waals surface area contributed by atoms with Gasteiger partial charge in [-0.3, -0.25) is 0 Å². The predicted molar refractivity (Wildman–Crippen MR) is 306 cm³/mol. The Kier molecular flexibility index (Phi) is 9.57. The van der Waals surface area contributed by atoms with E-state index in [0.717, 1.165) is 0 Å². The molecule has 0 radical (unpaired) electrons. The minimum absolute atomic E-state index is 0.0149. The van der Waals surface area contributed by atoms with Crippen LogP contribution < -0.4 is 25.5 Å². The fourth-order valence-electron chi connectivity index (χ4n) is 14.0. The monoisotopic (exact) mass is 939 g/mol. The van der Waals surface area contributed by atoms with Gasteiger partial charge < -0.3 is 9.80 Å². The molecule has 12 rings (SSSR count). The van der Waals surface area contributed by atoms with Crippen LogP contribution in [-0.2, 0) is 37.9 Å². The van der Waals surface area contributed by atoms with Crippen molar-refractivity contribution in [1.82, 2.24) is 0 Å². The molecule has 3 aliphatic carbocycles. The number of aryl methyl sites for hydroxylation is 1. The van der Waals surface area contributed by atoms with Gasteiger partial charge in [0.15, 0.2) is 0 Å². The van der Waals surface area contributed by atoms with Crippen LogP contribution in [-0.4, -0.2) is 6.71 Å². The zero-order valence-corrected chi connectivity index (χ0v) is 46.0. The van der Waals surface area contributed by atoms with Crippen molar-refractivity contribution in [2.24, 2.45) is 0 Å². The molecule has 358 valence electrons. The third-order valence-electron chi connectivity index (χ3n) is 18.4. The number of nitrogens with zero attached hydrogens (tertiary/aromatic N) is 2. The second-order valence-electron chi connectivity index (χ2n) is 27.7. The average molecular weight is 939 g/mol. The first kappa shape index (κ1) is 46.0. The van der Waals surface area contributed by atoms with Gasteiger partial charge >= 0.3 is 0 Å². The summed E-state index contributed by atoms with van der Waals surface area (Å²) in [5.74, 6) is 0. The Bertz CT molecular complexity index is 3360. The highest BCUT2D eigenvalue weighted by molar-refractivity contribution is 7.33. The summed E-state index contributed by atoms with van der Waals surface area (Å²) in [4.78, 5) is 5.43. The van der Waals surface area contributed by atoms with Crippen molar-refractivity contribution in [2.45, 2.75) is 181 Å². The largest absolute Gasteiger partial charge is 0.311 e. The molecule has 2 bridgehead atoms. The molecule has 3 heterocycles. The molecule has 2 atom stereocenters. The normalized spacial score (nSPS) is 21.7. The Balaban J connectivity index is 1.18. The molecule has 0 amide bonds. The molecule has 7 aromatic rings.